The lowest BCUT2D eigenvalue weighted by Crippen LogP contribution is -2.29. The van der Waals surface area contributed by atoms with Crippen molar-refractivity contribution < 1.29 is 18.7 Å². The summed E-state index contributed by atoms with van der Waals surface area (Å²) < 4.78 is 26.5. The molecule has 0 atom stereocenters. The molecule has 1 N–H and O–H groups in total. The average Bonchev–Trinajstić information content (AvgIpc) is 3.17. The van der Waals surface area contributed by atoms with Gasteiger partial charge < -0.3 is 19.0 Å². The fourth-order valence-electron chi connectivity index (χ4n) is 4.82. The number of esters is 1. The summed E-state index contributed by atoms with van der Waals surface area (Å²) in [6.07, 6.45) is 0.800. The fraction of sp³-hybridized carbons (Fsp3) is 0.286. The maximum absolute atomic E-state index is 14.0. The van der Waals surface area contributed by atoms with E-state index < -0.39 is 5.97 Å². The molecule has 0 radical (unpaired) electrons. The van der Waals surface area contributed by atoms with E-state index in [-0.39, 0.29) is 29.3 Å². The first-order chi connectivity index (χ1) is 17.5. The highest BCUT2D eigenvalue weighted by Crippen LogP contribution is 2.25. The molecule has 0 bridgehead atoms. The van der Waals surface area contributed by atoms with E-state index in [1.165, 1.54) is 19.2 Å². The lowest BCUT2D eigenvalue weighted by Gasteiger charge is -2.18. The van der Waals surface area contributed by atoms with Gasteiger partial charge in [-0.25, -0.2) is 9.18 Å². The van der Waals surface area contributed by atoms with Crippen molar-refractivity contribution in [3.05, 3.63) is 99.3 Å². The summed E-state index contributed by atoms with van der Waals surface area (Å²) in [5.74, 6) is -0.687. The second-order valence-corrected chi connectivity index (χ2v) is 8.91. The standard InChI is InChI=1S/C28H28FN3O4/c1-35-28(34)27-24-10-12-31(18-21-16-20-7-3-5-9-23(20)30-21)13-14-32(24)26(33)17-25(27)36-15-11-19-6-2-4-8-22(19)29/h2-9,16-17,30H,10-15,18H2,1H3. The van der Waals surface area contributed by atoms with Gasteiger partial charge in [-0.15, -0.1) is 0 Å². The summed E-state index contributed by atoms with van der Waals surface area (Å²) in [4.78, 5) is 31.5. The number of rotatable bonds is 7. The van der Waals surface area contributed by atoms with Gasteiger partial charge in [0.05, 0.1) is 13.7 Å². The Morgan fingerprint density at radius 2 is 1.86 bits per heavy atom. The number of aromatic amines is 1. The maximum atomic E-state index is 14.0. The fourth-order valence-corrected chi connectivity index (χ4v) is 4.82. The van der Waals surface area contributed by atoms with Crippen LogP contribution < -0.4 is 10.3 Å². The van der Waals surface area contributed by atoms with Gasteiger partial charge in [0.2, 0.25) is 0 Å². The summed E-state index contributed by atoms with van der Waals surface area (Å²) in [7, 11) is 1.31. The van der Waals surface area contributed by atoms with Gasteiger partial charge in [0.15, 0.2) is 0 Å². The molecule has 7 nitrogen and oxygen atoms in total. The van der Waals surface area contributed by atoms with Gasteiger partial charge in [-0.1, -0.05) is 36.4 Å². The van der Waals surface area contributed by atoms with E-state index in [2.05, 4.69) is 22.0 Å². The number of hydrogen-bond acceptors (Lipinski definition) is 5. The smallest absolute Gasteiger partial charge is 0.343 e. The number of para-hydroxylation sites is 1. The van der Waals surface area contributed by atoms with Crippen LogP contribution in [0, 0.1) is 5.82 Å². The Balaban J connectivity index is 1.36. The van der Waals surface area contributed by atoms with Crippen molar-refractivity contribution in [2.75, 3.05) is 26.8 Å². The quantitative estimate of drug-likeness (QED) is 0.398. The first-order valence-electron chi connectivity index (χ1n) is 12.0. The van der Waals surface area contributed by atoms with Gasteiger partial charge in [0, 0.05) is 62.0 Å². The molecule has 0 fully saturated rings. The van der Waals surface area contributed by atoms with Crippen molar-refractivity contribution in [2.45, 2.75) is 25.9 Å². The number of ether oxygens (including phenoxy) is 2. The number of fused-ring (bicyclic) bond motifs is 2. The Hall–Kier alpha value is -3.91. The second kappa shape index (κ2) is 10.4. The Morgan fingerprint density at radius 1 is 1.06 bits per heavy atom. The molecule has 0 saturated heterocycles. The summed E-state index contributed by atoms with van der Waals surface area (Å²) in [5.41, 5.74) is 3.33. The lowest BCUT2D eigenvalue weighted by molar-refractivity contribution is 0.0593. The summed E-state index contributed by atoms with van der Waals surface area (Å²) in [6, 6.07) is 18.1. The second-order valence-electron chi connectivity index (χ2n) is 8.91. The summed E-state index contributed by atoms with van der Waals surface area (Å²) >= 11 is 0. The molecule has 2 aromatic carbocycles. The third-order valence-electron chi connectivity index (χ3n) is 6.64. The molecule has 1 aliphatic heterocycles. The van der Waals surface area contributed by atoms with Crippen LogP contribution in [0.3, 0.4) is 0 Å². The van der Waals surface area contributed by atoms with Crippen molar-refractivity contribution in [1.82, 2.24) is 14.5 Å². The van der Waals surface area contributed by atoms with Crippen molar-refractivity contribution in [2.24, 2.45) is 0 Å². The lowest BCUT2D eigenvalue weighted by atomic mass is 10.1. The number of carbonyl (C=O) groups excluding carboxylic acids is 1. The number of pyridine rings is 1. The van der Waals surface area contributed by atoms with Crippen molar-refractivity contribution in [1.29, 1.82) is 0 Å². The minimum atomic E-state index is -0.552. The molecular weight excluding hydrogens is 461 g/mol. The van der Waals surface area contributed by atoms with Crippen LogP contribution in [0.5, 0.6) is 5.75 Å². The van der Waals surface area contributed by atoms with Crippen molar-refractivity contribution >= 4 is 16.9 Å². The first kappa shape index (κ1) is 23.8. The number of nitrogens with zero attached hydrogens (tertiary/aromatic N) is 2. The minimum absolute atomic E-state index is 0.125. The van der Waals surface area contributed by atoms with E-state index in [4.69, 9.17) is 9.47 Å². The molecule has 0 saturated carbocycles. The Morgan fingerprint density at radius 3 is 2.67 bits per heavy atom. The van der Waals surface area contributed by atoms with E-state index in [1.54, 1.807) is 22.8 Å². The van der Waals surface area contributed by atoms with E-state index in [0.29, 0.717) is 50.3 Å². The predicted octanol–water partition coefficient (Wildman–Crippen LogP) is 3.94. The van der Waals surface area contributed by atoms with Crippen LogP contribution in [0.1, 0.15) is 27.3 Å². The molecule has 36 heavy (non-hydrogen) atoms. The Labute approximate surface area is 208 Å². The van der Waals surface area contributed by atoms with Crippen molar-refractivity contribution in [3.63, 3.8) is 0 Å². The molecule has 2 aromatic heterocycles. The monoisotopic (exact) mass is 489 g/mol. The van der Waals surface area contributed by atoms with Crippen LogP contribution in [0.25, 0.3) is 10.9 Å². The van der Waals surface area contributed by atoms with Crippen LogP contribution in [-0.2, 0) is 30.7 Å². The molecule has 0 spiro atoms. The molecule has 0 unspecified atom stereocenters. The van der Waals surface area contributed by atoms with Crippen LogP contribution in [0.2, 0.25) is 0 Å². The molecule has 8 heteroatoms. The number of aromatic nitrogens is 2. The predicted molar refractivity (Wildman–Crippen MR) is 135 cm³/mol. The number of halogens is 1. The largest absolute Gasteiger partial charge is 0.492 e. The number of carbonyl (C=O) groups is 1. The molecule has 1 aliphatic rings. The zero-order chi connectivity index (χ0) is 25.1. The van der Waals surface area contributed by atoms with Crippen molar-refractivity contribution in [3.8, 4) is 5.75 Å². The van der Waals surface area contributed by atoms with E-state index in [9.17, 15) is 14.0 Å². The van der Waals surface area contributed by atoms with Gasteiger partial charge in [-0.2, -0.15) is 0 Å². The van der Waals surface area contributed by atoms with Gasteiger partial charge in [0.25, 0.3) is 5.56 Å². The average molecular weight is 490 g/mol. The number of hydrogen-bond donors (Lipinski definition) is 1. The molecular formula is C28H28FN3O4. The molecule has 0 amide bonds. The Bertz CT molecular complexity index is 1430. The van der Waals surface area contributed by atoms with Crippen LogP contribution in [0.15, 0.2) is 65.5 Å². The van der Waals surface area contributed by atoms with Gasteiger partial charge in [-0.3, -0.25) is 9.69 Å². The molecule has 186 valence electrons. The number of methoxy groups -OCH3 is 1. The topological polar surface area (TPSA) is 76.6 Å². The SMILES string of the molecule is COC(=O)c1c(OCCc2ccccc2F)cc(=O)n2c1CCN(Cc1cc3ccccc3[nH]1)CC2. The van der Waals surface area contributed by atoms with E-state index in [1.807, 2.05) is 18.2 Å². The highest BCUT2D eigenvalue weighted by Gasteiger charge is 2.26. The number of H-pyrrole nitrogens is 1. The zero-order valence-electron chi connectivity index (χ0n) is 20.1. The van der Waals surface area contributed by atoms with Crippen LogP contribution >= 0.6 is 0 Å². The van der Waals surface area contributed by atoms with Gasteiger partial charge >= 0.3 is 5.97 Å². The van der Waals surface area contributed by atoms with Gasteiger partial charge in [-0.05, 0) is 29.1 Å². The normalized spacial score (nSPS) is 13.8. The minimum Gasteiger partial charge on any atom is -0.492 e. The van der Waals surface area contributed by atoms with E-state index >= 15 is 0 Å². The third-order valence-corrected chi connectivity index (χ3v) is 6.64. The Kier molecular flexibility index (Phi) is 6.86. The van der Waals surface area contributed by atoms with Crippen LogP contribution in [-0.4, -0.2) is 47.2 Å². The molecule has 5 rings (SSSR count). The van der Waals surface area contributed by atoms with E-state index in [0.717, 1.165) is 16.6 Å². The maximum Gasteiger partial charge on any atom is 0.343 e. The number of benzene rings is 2. The first-order valence-corrected chi connectivity index (χ1v) is 12.0. The highest BCUT2D eigenvalue weighted by atomic mass is 19.1. The van der Waals surface area contributed by atoms with Crippen LogP contribution in [0.4, 0.5) is 4.39 Å². The number of nitrogens with one attached hydrogen (secondary N) is 1. The zero-order valence-corrected chi connectivity index (χ0v) is 20.1. The highest BCUT2D eigenvalue weighted by molar-refractivity contribution is 5.93. The summed E-state index contributed by atoms with van der Waals surface area (Å²) in [5, 5.41) is 1.16. The molecule has 4 aromatic rings. The molecule has 3 heterocycles. The van der Waals surface area contributed by atoms with Gasteiger partial charge in [0.1, 0.15) is 17.1 Å². The third kappa shape index (κ3) is 4.90. The summed E-state index contributed by atoms with van der Waals surface area (Å²) in [6.45, 7) is 2.61. The molecule has 0 aliphatic carbocycles.